The maximum Gasteiger partial charge on any atom is 0.337 e. The topological polar surface area (TPSA) is 18.5 Å². The summed E-state index contributed by atoms with van der Waals surface area (Å²) in [6.07, 6.45) is 23.6. The van der Waals surface area contributed by atoms with Crippen LogP contribution in [0.5, 0.6) is 0 Å². The molecule has 0 aliphatic heterocycles. The van der Waals surface area contributed by atoms with Gasteiger partial charge in [-0.3, -0.25) is 0 Å². The van der Waals surface area contributed by atoms with Crippen molar-refractivity contribution in [1.82, 2.24) is 0 Å². The zero-order chi connectivity index (χ0) is 21.6. The van der Waals surface area contributed by atoms with E-state index in [4.69, 9.17) is 8.85 Å². The lowest BCUT2D eigenvalue weighted by Gasteiger charge is -2.33. The third-order valence-corrected chi connectivity index (χ3v) is 10.0. The fraction of sp³-hybridized carbons (Fsp3) is 1.00. The first-order chi connectivity index (χ1) is 14.2. The van der Waals surface area contributed by atoms with E-state index in [-0.39, 0.29) is 0 Å². The molecule has 0 rings (SSSR count). The Labute approximate surface area is 186 Å². The lowest BCUT2D eigenvalue weighted by Crippen LogP contribution is -2.44. The Morgan fingerprint density at radius 1 is 0.552 bits per heavy atom. The molecule has 0 aromatic carbocycles. The molecule has 0 aliphatic rings. The van der Waals surface area contributed by atoms with Crippen LogP contribution in [0.15, 0.2) is 0 Å². The monoisotopic (exact) mass is 428 g/mol. The predicted molar refractivity (Wildman–Crippen MR) is 133 cm³/mol. The van der Waals surface area contributed by atoms with Crippen molar-refractivity contribution in [1.29, 1.82) is 0 Å². The van der Waals surface area contributed by atoms with Gasteiger partial charge in [0.1, 0.15) is 0 Å². The van der Waals surface area contributed by atoms with Crippen molar-refractivity contribution in [2.75, 3.05) is 6.61 Å². The first-order valence-electron chi connectivity index (χ1n) is 13.5. The second kappa shape index (κ2) is 21.4. The van der Waals surface area contributed by atoms with Gasteiger partial charge in [-0.2, -0.15) is 0 Å². The van der Waals surface area contributed by atoms with Crippen LogP contribution in [-0.4, -0.2) is 21.3 Å². The SMILES string of the molecule is CCCCCCCCCCCCCCCCO[Si](CC)(CC)OC(CC)CCC. The molecule has 0 saturated heterocycles. The summed E-state index contributed by atoms with van der Waals surface area (Å²) >= 11 is 0. The van der Waals surface area contributed by atoms with Crippen LogP contribution in [0.1, 0.15) is 144 Å². The largest absolute Gasteiger partial charge is 0.394 e. The van der Waals surface area contributed by atoms with Crippen molar-refractivity contribution >= 4 is 8.56 Å². The second-order valence-corrected chi connectivity index (χ2v) is 12.8. The van der Waals surface area contributed by atoms with Gasteiger partial charge < -0.3 is 8.85 Å². The van der Waals surface area contributed by atoms with E-state index in [0.29, 0.717) is 6.10 Å². The van der Waals surface area contributed by atoms with Crippen LogP contribution < -0.4 is 0 Å². The molecule has 0 aromatic rings. The molecule has 0 radical (unpaired) electrons. The van der Waals surface area contributed by atoms with Crippen LogP contribution in [0.3, 0.4) is 0 Å². The molecule has 0 aromatic heterocycles. The van der Waals surface area contributed by atoms with Crippen molar-refractivity contribution in [3.8, 4) is 0 Å². The van der Waals surface area contributed by atoms with E-state index in [0.717, 1.165) is 25.1 Å². The van der Waals surface area contributed by atoms with Gasteiger partial charge in [-0.25, -0.2) is 0 Å². The molecule has 1 unspecified atom stereocenters. The Balaban J connectivity index is 3.63. The molecule has 0 fully saturated rings. The second-order valence-electron chi connectivity index (χ2n) is 9.00. The summed E-state index contributed by atoms with van der Waals surface area (Å²) in [5.41, 5.74) is 0. The summed E-state index contributed by atoms with van der Waals surface area (Å²) in [6.45, 7) is 12.2. The number of rotatable bonds is 23. The summed E-state index contributed by atoms with van der Waals surface area (Å²) in [5, 5.41) is 0. The fourth-order valence-electron chi connectivity index (χ4n) is 4.18. The van der Waals surface area contributed by atoms with E-state index in [1.54, 1.807) is 0 Å². The lowest BCUT2D eigenvalue weighted by atomic mass is 10.0. The smallest absolute Gasteiger partial charge is 0.337 e. The van der Waals surface area contributed by atoms with E-state index in [1.165, 1.54) is 103 Å². The van der Waals surface area contributed by atoms with Crippen LogP contribution in [0, 0.1) is 0 Å². The average molecular weight is 429 g/mol. The Morgan fingerprint density at radius 2 is 1.00 bits per heavy atom. The van der Waals surface area contributed by atoms with Crippen molar-refractivity contribution in [2.45, 2.75) is 162 Å². The molecule has 0 aliphatic carbocycles. The van der Waals surface area contributed by atoms with Crippen molar-refractivity contribution in [3.05, 3.63) is 0 Å². The highest BCUT2D eigenvalue weighted by Crippen LogP contribution is 2.24. The molecule has 2 nitrogen and oxygen atoms in total. The lowest BCUT2D eigenvalue weighted by molar-refractivity contribution is 0.102. The van der Waals surface area contributed by atoms with Gasteiger partial charge in [0.2, 0.25) is 0 Å². The van der Waals surface area contributed by atoms with Crippen LogP contribution in [0.4, 0.5) is 0 Å². The van der Waals surface area contributed by atoms with Gasteiger partial charge in [-0.1, -0.05) is 125 Å². The third kappa shape index (κ3) is 16.5. The van der Waals surface area contributed by atoms with Crippen LogP contribution in [-0.2, 0) is 8.85 Å². The molecule has 0 amide bonds. The minimum Gasteiger partial charge on any atom is -0.394 e. The zero-order valence-electron chi connectivity index (χ0n) is 21.0. The van der Waals surface area contributed by atoms with Crippen molar-refractivity contribution in [3.63, 3.8) is 0 Å². The Hall–Kier alpha value is 0.137. The highest BCUT2D eigenvalue weighted by molar-refractivity contribution is 6.67. The van der Waals surface area contributed by atoms with Crippen LogP contribution >= 0.6 is 0 Å². The zero-order valence-corrected chi connectivity index (χ0v) is 22.0. The standard InChI is InChI=1S/C26H56O2Si/c1-6-11-12-13-14-15-16-17-18-19-20-21-22-23-25-27-29(9-4,10-5)28-26(8-3)24-7-2/h26H,6-25H2,1-5H3. The van der Waals surface area contributed by atoms with E-state index >= 15 is 0 Å². The first kappa shape index (κ1) is 29.1. The normalized spacial score (nSPS) is 13.1. The Bertz CT molecular complexity index is 318. The highest BCUT2D eigenvalue weighted by atomic mass is 28.4. The highest BCUT2D eigenvalue weighted by Gasteiger charge is 2.35. The minimum absolute atomic E-state index is 0.405. The van der Waals surface area contributed by atoms with Gasteiger partial charge >= 0.3 is 8.56 Å². The number of hydrogen-bond acceptors (Lipinski definition) is 2. The molecule has 0 heterocycles. The molecule has 0 spiro atoms. The summed E-state index contributed by atoms with van der Waals surface area (Å²) in [4.78, 5) is 0. The Kier molecular flexibility index (Phi) is 21.5. The fourth-order valence-corrected chi connectivity index (χ4v) is 6.90. The quantitative estimate of drug-likeness (QED) is 0.119. The van der Waals surface area contributed by atoms with Crippen molar-refractivity contribution < 1.29 is 8.85 Å². The van der Waals surface area contributed by atoms with Crippen molar-refractivity contribution in [2.24, 2.45) is 0 Å². The summed E-state index contributed by atoms with van der Waals surface area (Å²) in [6, 6.07) is 2.17. The average Bonchev–Trinajstić information content (AvgIpc) is 2.75. The summed E-state index contributed by atoms with van der Waals surface area (Å²) in [7, 11) is -1.97. The molecule has 3 heteroatoms. The number of hydrogen-bond donors (Lipinski definition) is 0. The van der Waals surface area contributed by atoms with Crippen LogP contribution in [0.2, 0.25) is 12.1 Å². The Morgan fingerprint density at radius 3 is 1.38 bits per heavy atom. The summed E-state index contributed by atoms with van der Waals surface area (Å²) in [5.74, 6) is 0. The molecular weight excluding hydrogens is 372 g/mol. The molecule has 0 saturated carbocycles. The molecule has 0 bridgehead atoms. The van der Waals surface area contributed by atoms with Gasteiger partial charge in [0.15, 0.2) is 0 Å². The van der Waals surface area contributed by atoms with Crippen LogP contribution in [0.25, 0.3) is 0 Å². The van der Waals surface area contributed by atoms with Gasteiger partial charge in [-0.05, 0) is 31.4 Å². The molecule has 0 N–H and O–H groups in total. The molecular formula is C26H56O2Si. The van der Waals surface area contributed by atoms with E-state index < -0.39 is 8.56 Å². The summed E-state index contributed by atoms with van der Waals surface area (Å²) < 4.78 is 13.0. The maximum atomic E-state index is 6.56. The third-order valence-electron chi connectivity index (χ3n) is 6.39. The first-order valence-corrected chi connectivity index (χ1v) is 15.7. The molecule has 1 atom stereocenters. The van der Waals surface area contributed by atoms with E-state index in [1.807, 2.05) is 0 Å². The maximum absolute atomic E-state index is 6.56. The van der Waals surface area contributed by atoms with E-state index in [2.05, 4.69) is 34.6 Å². The predicted octanol–water partition coefficient (Wildman–Crippen LogP) is 9.56. The van der Waals surface area contributed by atoms with E-state index in [9.17, 15) is 0 Å². The molecule has 176 valence electrons. The van der Waals surface area contributed by atoms with Gasteiger partial charge in [0.05, 0.1) is 0 Å². The minimum atomic E-state index is -1.97. The van der Waals surface area contributed by atoms with Gasteiger partial charge in [-0.15, -0.1) is 0 Å². The van der Waals surface area contributed by atoms with Gasteiger partial charge in [0.25, 0.3) is 0 Å². The molecule has 29 heavy (non-hydrogen) atoms. The van der Waals surface area contributed by atoms with Gasteiger partial charge in [0, 0.05) is 12.7 Å². The number of unbranched alkanes of at least 4 members (excludes halogenated alkanes) is 13.